The van der Waals surface area contributed by atoms with Crippen molar-refractivity contribution in [2.45, 2.75) is 57.6 Å². The van der Waals surface area contributed by atoms with Crippen LogP contribution in [0.1, 0.15) is 62.6 Å². The summed E-state index contributed by atoms with van der Waals surface area (Å²) >= 11 is 0. The van der Waals surface area contributed by atoms with Crippen LogP contribution in [0.5, 0.6) is 0 Å². The highest BCUT2D eigenvalue weighted by atomic mass is 16.5. The summed E-state index contributed by atoms with van der Waals surface area (Å²) in [5.41, 5.74) is 3.51. The lowest BCUT2D eigenvalue weighted by Crippen LogP contribution is -2.33. The Kier molecular flexibility index (Phi) is 9.23. The lowest BCUT2D eigenvalue weighted by atomic mass is 10.0. The molecular formula is C26H34N4O3. The number of likely N-dealkylation sites (tertiary alicyclic amines) is 1. The van der Waals surface area contributed by atoms with Crippen molar-refractivity contribution in [1.29, 1.82) is 5.26 Å². The Bertz CT molecular complexity index is 930. The molecule has 0 aromatic heterocycles. The number of allylic oxidation sites excluding steroid dienone is 2. The monoisotopic (exact) mass is 450 g/mol. The van der Waals surface area contributed by atoms with Gasteiger partial charge in [0.05, 0.1) is 17.7 Å². The number of nitrogens with one attached hydrogen (secondary N) is 1. The molecule has 0 bridgehead atoms. The van der Waals surface area contributed by atoms with Gasteiger partial charge in [0.25, 0.3) is 0 Å². The normalized spacial score (nSPS) is 20.2. The summed E-state index contributed by atoms with van der Waals surface area (Å²) in [6.07, 6.45) is 7.70. The number of carboxylic acids is 1. The maximum absolute atomic E-state index is 11.9. The van der Waals surface area contributed by atoms with E-state index in [1.807, 2.05) is 11.0 Å². The summed E-state index contributed by atoms with van der Waals surface area (Å²) < 4.78 is 6.05. The number of aliphatic imine (C=N–C) groups is 1. The maximum Gasteiger partial charge on any atom is 0.325 e. The number of nitriles is 1. The molecule has 7 heteroatoms. The van der Waals surface area contributed by atoms with E-state index in [-0.39, 0.29) is 6.10 Å². The van der Waals surface area contributed by atoms with Crippen LogP contribution in [0.3, 0.4) is 0 Å². The van der Waals surface area contributed by atoms with Crippen molar-refractivity contribution < 1.29 is 14.6 Å². The van der Waals surface area contributed by atoms with E-state index in [4.69, 9.17) is 15.0 Å². The van der Waals surface area contributed by atoms with Gasteiger partial charge < -0.3 is 15.2 Å². The molecule has 2 atom stereocenters. The van der Waals surface area contributed by atoms with Gasteiger partial charge in [-0.2, -0.15) is 5.26 Å². The van der Waals surface area contributed by atoms with E-state index in [9.17, 15) is 9.90 Å². The second-order valence-electron chi connectivity index (χ2n) is 8.67. The molecule has 0 spiro atoms. The van der Waals surface area contributed by atoms with Gasteiger partial charge >= 0.3 is 5.97 Å². The third kappa shape index (κ3) is 7.01. The van der Waals surface area contributed by atoms with Gasteiger partial charge in [-0.15, -0.1) is 0 Å². The molecule has 0 radical (unpaired) electrons. The highest BCUT2D eigenvalue weighted by Gasteiger charge is 2.33. The quantitative estimate of drug-likeness (QED) is 0.388. The molecule has 1 unspecified atom stereocenters. The van der Waals surface area contributed by atoms with Gasteiger partial charge in [-0.25, -0.2) is 4.99 Å². The number of aliphatic carboxylic acids is 1. The number of ether oxygens (including phenoxy) is 1. The first-order valence-corrected chi connectivity index (χ1v) is 11.7. The molecule has 1 saturated heterocycles. The van der Waals surface area contributed by atoms with Gasteiger partial charge in [-0.1, -0.05) is 18.7 Å². The molecule has 1 aromatic carbocycles. The van der Waals surface area contributed by atoms with Crippen LogP contribution < -0.4 is 5.32 Å². The topological polar surface area (TPSA) is 98.0 Å². The van der Waals surface area contributed by atoms with Crippen molar-refractivity contribution >= 4 is 11.7 Å². The Morgan fingerprint density at radius 1 is 1.42 bits per heavy atom. The first kappa shape index (κ1) is 24.7. The second-order valence-corrected chi connectivity index (χ2v) is 8.67. The fourth-order valence-corrected chi connectivity index (χ4v) is 4.34. The summed E-state index contributed by atoms with van der Waals surface area (Å²) in [6.45, 7) is 8.92. The lowest BCUT2D eigenvalue weighted by Gasteiger charge is -2.24. The van der Waals surface area contributed by atoms with Gasteiger partial charge in [0.1, 0.15) is 11.9 Å². The van der Waals surface area contributed by atoms with E-state index in [1.165, 1.54) is 5.57 Å². The van der Waals surface area contributed by atoms with Crippen LogP contribution in [0.2, 0.25) is 0 Å². The summed E-state index contributed by atoms with van der Waals surface area (Å²) in [5.74, 6) is 0.114. The van der Waals surface area contributed by atoms with Gasteiger partial charge in [0.15, 0.2) is 0 Å². The Morgan fingerprint density at radius 3 is 2.88 bits per heavy atom. The molecule has 1 aromatic rings. The summed E-state index contributed by atoms with van der Waals surface area (Å²) in [4.78, 5) is 18.6. The highest BCUT2D eigenvalue weighted by molar-refractivity contribution is 5.95. The Labute approximate surface area is 196 Å². The van der Waals surface area contributed by atoms with Crippen molar-refractivity contribution in [2.75, 3.05) is 26.2 Å². The van der Waals surface area contributed by atoms with Crippen LogP contribution >= 0.6 is 0 Å². The largest absolute Gasteiger partial charge is 0.480 e. The van der Waals surface area contributed by atoms with E-state index in [2.05, 4.69) is 24.9 Å². The number of hydrogen-bond acceptors (Lipinski definition) is 6. The van der Waals surface area contributed by atoms with Gasteiger partial charge in [-0.05, 0) is 74.8 Å². The molecule has 2 N–H and O–H groups in total. The van der Waals surface area contributed by atoms with E-state index in [1.54, 1.807) is 24.3 Å². The van der Waals surface area contributed by atoms with Crippen molar-refractivity contribution in [1.82, 2.24) is 10.2 Å². The van der Waals surface area contributed by atoms with Gasteiger partial charge in [-0.3, -0.25) is 9.69 Å². The average molecular weight is 451 g/mol. The number of nitrogens with zero attached hydrogens (tertiary/aromatic N) is 3. The number of carboxylic acid groups (broad SMARTS) is 1. The molecule has 0 saturated carbocycles. The number of hydrogen-bond donors (Lipinski definition) is 2. The minimum absolute atomic E-state index is 0.0389. The van der Waals surface area contributed by atoms with Gasteiger partial charge in [0, 0.05) is 32.0 Å². The molecule has 2 heterocycles. The molecule has 1 fully saturated rings. The highest BCUT2D eigenvalue weighted by Crippen LogP contribution is 2.27. The third-order valence-electron chi connectivity index (χ3n) is 6.23. The molecule has 176 valence electrons. The van der Waals surface area contributed by atoms with Crippen molar-refractivity contribution in [3.05, 3.63) is 59.4 Å². The average Bonchev–Trinajstić information content (AvgIpc) is 3.27. The SMILES string of the molecule is C=CC(CCCCO[C@@H]1CCN(C(C(=O)O)c2ccc(C#N)cc2)C1)=NC1=C(C)CCCN1. The molecule has 2 aliphatic heterocycles. The Hall–Kier alpha value is -2.95. The number of rotatable bonds is 11. The van der Waals surface area contributed by atoms with Crippen LogP contribution in [-0.4, -0.2) is 54.0 Å². The van der Waals surface area contributed by atoms with Crippen LogP contribution in [-0.2, 0) is 9.53 Å². The number of carbonyl (C=O) groups is 1. The molecule has 33 heavy (non-hydrogen) atoms. The molecule has 7 nitrogen and oxygen atoms in total. The molecular weight excluding hydrogens is 416 g/mol. The lowest BCUT2D eigenvalue weighted by molar-refractivity contribution is -0.143. The van der Waals surface area contributed by atoms with Crippen LogP contribution in [0.4, 0.5) is 0 Å². The second kappa shape index (κ2) is 12.3. The first-order valence-electron chi connectivity index (χ1n) is 11.7. The first-order chi connectivity index (χ1) is 16.0. The molecule has 2 aliphatic rings. The van der Waals surface area contributed by atoms with Crippen molar-refractivity contribution in [3.63, 3.8) is 0 Å². The predicted octanol–water partition coefficient (Wildman–Crippen LogP) is 4.19. The zero-order valence-corrected chi connectivity index (χ0v) is 19.4. The minimum atomic E-state index is -0.880. The van der Waals surface area contributed by atoms with Gasteiger partial charge in [0.2, 0.25) is 0 Å². The molecule has 3 rings (SSSR count). The van der Waals surface area contributed by atoms with E-state index < -0.39 is 12.0 Å². The smallest absolute Gasteiger partial charge is 0.325 e. The summed E-state index contributed by atoms with van der Waals surface area (Å²) in [5, 5.41) is 22.1. The van der Waals surface area contributed by atoms with Crippen LogP contribution in [0, 0.1) is 11.3 Å². The van der Waals surface area contributed by atoms with E-state index in [0.29, 0.717) is 30.8 Å². The van der Waals surface area contributed by atoms with Crippen LogP contribution in [0.15, 0.2) is 53.3 Å². The number of benzene rings is 1. The molecule has 0 aliphatic carbocycles. The fourth-order valence-electron chi connectivity index (χ4n) is 4.34. The fraction of sp³-hybridized carbons (Fsp3) is 0.500. The Balaban J connectivity index is 1.43. The third-order valence-corrected chi connectivity index (χ3v) is 6.23. The minimum Gasteiger partial charge on any atom is -0.480 e. The standard InChI is InChI=1S/C26H34N4O3/c1-3-22(29-25-19(2)7-6-14-28-25)8-4-5-16-33-23-13-15-30(18-23)24(26(31)32)21-11-9-20(17-27)10-12-21/h3,9-12,23-24,28H,1,4-8,13-16,18H2,2H3,(H,31,32)/t23-,24?/m1/s1. The zero-order valence-electron chi connectivity index (χ0n) is 19.4. The predicted molar refractivity (Wildman–Crippen MR) is 129 cm³/mol. The van der Waals surface area contributed by atoms with Crippen molar-refractivity contribution in [2.24, 2.45) is 4.99 Å². The number of unbranched alkanes of at least 4 members (excludes halogenated alkanes) is 1. The van der Waals surface area contributed by atoms with E-state index >= 15 is 0 Å². The Morgan fingerprint density at radius 2 is 2.21 bits per heavy atom. The van der Waals surface area contributed by atoms with Crippen molar-refractivity contribution in [3.8, 4) is 6.07 Å². The van der Waals surface area contributed by atoms with E-state index in [0.717, 1.165) is 56.6 Å². The summed E-state index contributed by atoms with van der Waals surface area (Å²) in [6, 6.07) is 8.13. The zero-order chi connectivity index (χ0) is 23.6. The van der Waals surface area contributed by atoms with Crippen LogP contribution in [0.25, 0.3) is 0 Å². The molecule has 0 amide bonds. The summed E-state index contributed by atoms with van der Waals surface area (Å²) in [7, 11) is 0. The maximum atomic E-state index is 11.9.